The van der Waals surface area contributed by atoms with Crippen LogP contribution in [0.4, 0.5) is 5.82 Å². The molecule has 5 N–H and O–H groups in total. The van der Waals surface area contributed by atoms with Crippen molar-refractivity contribution in [2.45, 2.75) is 6.17 Å². The number of ether oxygens (including phenoxy) is 1. The Morgan fingerprint density at radius 3 is 2.44 bits per heavy atom. The van der Waals surface area contributed by atoms with Crippen LogP contribution >= 0.6 is 0 Å². The molecule has 0 aliphatic carbocycles. The Hall–Kier alpha value is -4.76. The van der Waals surface area contributed by atoms with E-state index in [1.807, 2.05) is 84.9 Å². The van der Waals surface area contributed by atoms with Crippen molar-refractivity contribution in [2.75, 3.05) is 5.73 Å². The molecular formula is C25H20N8O. The topological polar surface area (TPSA) is 126 Å². The maximum atomic E-state index is 6.20. The number of hydrogen-bond donors (Lipinski definition) is 4. The zero-order valence-corrected chi connectivity index (χ0v) is 17.9. The second kappa shape index (κ2) is 8.30. The second-order valence-corrected chi connectivity index (χ2v) is 7.83. The molecule has 166 valence electrons. The first-order chi connectivity index (χ1) is 16.7. The van der Waals surface area contributed by atoms with E-state index < -0.39 is 0 Å². The molecule has 1 aliphatic heterocycles. The first kappa shape index (κ1) is 19.9. The fraction of sp³-hybridized carbons (Fsp3) is 0.0400. The first-order valence-electron chi connectivity index (χ1n) is 10.7. The lowest BCUT2D eigenvalue weighted by Gasteiger charge is -2.11. The highest BCUT2D eigenvalue weighted by molar-refractivity contribution is 6.01. The summed E-state index contributed by atoms with van der Waals surface area (Å²) in [6.07, 6.45) is -0.247. The molecule has 9 heteroatoms. The molecule has 1 atom stereocenters. The van der Waals surface area contributed by atoms with Gasteiger partial charge in [0.25, 0.3) is 0 Å². The summed E-state index contributed by atoms with van der Waals surface area (Å²) in [7, 11) is 0. The zero-order chi connectivity index (χ0) is 22.9. The lowest BCUT2D eigenvalue weighted by molar-refractivity contribution is 0.483. The third kappa shape index (κ3) is 3.70. The molecule has 3 heterocycles. The number of para-hydroxylation sites is 1. The Labute approximate surface area is 194 Å². The van der Waals surface area contributed by atoms with E-state index >= 15 is 0 Å². The van der Waals surface area contributed by atoms with Gasteiger partial charge in [-0.25, -0.2) is 10.5 Å². The van der Waals surface area contributed by atoms with Crippen molar-refractivity contribution in [3.8, 4) is 34.0 Å². The van der Waals surface area contributed by atoms with Crippen molar-refractivity contribution in [1.82, 2.24) is 26.1 Å². The van der Waals surface area contributed by atoms with Crippen molar-refractivity contribution >= 4 is 16.7 Å². The van der Waals surface area contributed by atoms with Crippen LogP contribution in [0, 0.1) is 0 Å². The van der Waals surface area contributed by atoms with Crippen LogP contribution in [0.3, 0.4) is 0 Å². The van der Waals surface area contributed by atoms with E-state index in [0.717, 1.165) is 50.5 Å². The maximum Gasteiger partial charge on any atom is 0.166 e. The highest BCUT2D eigenvalue weighted by Crippen LogP contribution is 2.35. The van der Waals surface area contributed by atoms with Crippen LogP contribution in [0.1, 0.15) is 11.7 Å². The predicted octanol–water partition coefficient (Wildman–Crippen LogP) is 5.14. The molecule has 1 unspecified atom stereocenters. The van der Waals surface area contributed by atoms with Gasteiger partial charge in [0, 0.05) is 11.1 Å². The number of H-pyrrole nitrogens is 1. The molecule has 0 amide bonds. The Morgan fingerprint density at radius 2 is 1.65 bits per heavy atom. The molecule has 3 aromatic carbocycles. The van der Waals surface area contributed by atoms with E-state index in [-0.39, 0.29) is 6.17 Å². The molecule has 0 radical (unpaired) electrons. The van der Waals surface area contributed by atoms with E-state index in [1.54, 1.807) is 0 Å². The van der Waals surface area contributed by atoms with Crippen LogP contribution in [0.5, 0.6) is 11.5 Å². The van der Waals surface area contributed by atoms with Gasteiger partial charge in [-0.05, 0) is 54.1 Å². The van der Waals surface area contributed by atoms with Crippen LogP contribution in [-0.2, 0) is 0 Å². The number of aromatic nitrogens is 3. The Morgan fingerprint density at radius 1 is 0.824 bits per heavy atom. The number of nitrogens with one attached hydrogen (secondary N) is 3. The monoisotopic (exact) mass is 448 g/mol. The molecule has 0 spiro atoms. The molecule has 6 rings (SSSR count). The minimum atomic E-state index is -0.247. The smallest absolute Gasteiger partial charge is 0.166 e. The average Bonchev–Trinajstić information content (AvgIpc) is 3.55. The average molecular weight is 448 g/mol. The summed E-state index contributed by atoms with van der Waals surface area (Å²) in [5, 5.41) is 15.9. The van der Waals surface area contributed by atoms with E-state index in [0.29, 0.717) is 5.82 Å². The molecular weight excluding hydrogens is 428 g/mol. The summed E-state index contributed by atoms with van der Waals surface area (Å²) in [5.74, 6) is 1.93. The number of nitrogens with two attached hydrogens (primary N) is 1. The minimum absolute atomic E-state index is 0.247. The van der Waals surface area contributed by atoms with Crippen molar-refractivity contribution in [2.24, 2.45) is 10.3 Å². The summed E-state index contributed by atoms with van der Waals surface area (Å²) in [6.45, 7) is 0. The van der Waals surface area contributed by atoms with E-state index in [9.17, 15) is 0 Å². The number of aromatic amines is 1. The summed E-state index contributed by atoms with van der Waals surface area (Å²) >= 11 is 0. The third-order valence-corrected chi connectivity index (χ3v) is 5.60. The largest absolute Gasteiger partial charge is 0.457 e. The summed E-state index contributed by atoms with van der Waals surface area (Å²) in [5.41, 5.74) is 17.0. The quantitative estimate of drug-likeness (QED) is 0.295. The summed E-state index contributed by atoms with van der Waals surface area (Å²) in [4.78, 5) is 4.98. The predicted molar refractivity (Wildman–Crippen MR) is 130 cm³/mol. The summed E-state index contributed by atoms with van der Waals surface area (Å²) < 4.78 is 5.93. The number of hydrazine groups is 1. The van der Waals surface area contributed by atoms with Crippen molar-refractivity contribution in [1.29, 1.82) is 0 Å². The number of rotatable bonds is 5. The minimum Gasteiger partial charge on any atom is -0.457 e. The van der Waals surface area contributed by atoms with Gasteiger partial charge in [-0.2, -0.15) is 10.5 Å². The normalized spacial score (nSPS) is 14.9. The van der Waals surface area contributed by atoms with Gasteiger partial charge < -0.3 is 10.5 Å². The number of anilines is 1. The van der Waals surface area contributed by atoms with E-state index in [1.165, 1.54) is 0 Å². The van der Waals surface area contributed by atoms with Gasteiger partial charge in [0.05, 0.1) is 22.3 Å². The first-order valence-corrected chi connectivity index (χ1v) is 10.7. The van der Waals surface area contributed by atoms with E-state index in [2.05, 4.69) is 31.5 Å². The van der Waals surface area contributed by atoms with Gasteiger partial charge >= 0.3 is 0 Å². The van der Waals surface area contributed by atoms with Gasteiger partial charge in [0.1, 0.15) is 11.5 Å². The Balaban J connectivity index is 1.40. The standard InChI is InChI=1S/C25H20N8O/c26-24-22-21(28-29-24)14-20(16-5-4-6-17(13-16)25-30-32-33-31-25)27-23(22)15-9-11-19(12-10-15)34-18-7-2-1-3-8-18/h1-14,25H,(H,30,33)(H,31,32)(H3,26,28,29). The molecule has 0 bridgehead atoms. The van der Waals surface area contributed by atoms with Gasteiger partial charge in [-0.1, -0.05) is 41.6 Å². The van der Waals surface area contributed by atoms with E-state index in [4.69, 9.17) is 15.5 Å². The molecule has 0 saturated heterocycles. The van der Waals surface area contributed by atoms with Gasteiger partial charge in [-0.3, -0.25) is 5.10 Å². The molecule has 1 aliphatic rings. The number of benzene rings is 3. The van der Waals surface area contributed by atoms with Crippen molar-refractivity contribution < 1.29 is 4.74 Å². The summed E-state index contributed by atoms with van der Waals surface area (Å²) in [6, 6.07) is 27.4. The molecule has 2 aromatic heterocycles. The van der Waals surface area contributed by atoms with Crippen LogP contribution in [-0.4, -0.2) is 15.2 Å². The van der Waals surface area contributed by atoms with Crippen LogP contribution in [0.2, 0.25) is 0 Å². The lowest BCUT2D eigenvalue weighted by atomic mass is 10.0. The van der Waals surface area contributed by atoms with Crippen LogP contribution in [0.15, 0.2) is 95.3 Å². The Kier molecular flexibility index (Phi) is 4.86. The molecule has 5 aromatic rings. The van der Waals surface area contributed by atoms with Crippen molar-refractivity contribution in [3.63, 3.8) is 0 Å². The van der Waals surface area contributed by atoms with Gasteiger partial charge in [0.2, 0.25) is 0 Å². The zero-order valence-electron chi connectivity index (χ0n) is 17.9. The highest BCUT2D eigenvalue weighted by Gasteiger charge is 2.17. The number of fused-ring (bicyclic) bond motifs is 1. The molecule has 34 heavy (non-hydrogen) atoms. The second-order valence-electron chi connectivity index (χ2n) is 7.83. The fourth-order valence-corrected chi connectivity index (χ4v) is 3.95. The van der Waals surface area contributed by atoms with Crippen molar-refractivity contribution in [3.05, 3.63) is 90.5 Å². The number of hydrogen-bond acceptors (Lipinski definition) is 8. The molecule has 9 nitrogen and oxygen atoms in total. The molecule has 0 fully saturated rings. The Bertz CT molecular complexity index is 1500. The SMILES string of the molecule is Nc1n[nH]c2cc(-c3cccc(C4N=NNN4)c3)nc(-c3ccc(Oc4ccccc4)cc3)c12. The van der Waals surface area contributed by atoms with Crippen LogP contribution < -0.4 is 21.4 Å². The van der Waals surface area contributed by atoms with Gasteiger partial charge in [-0.15, -0.1) is 5.11 Å². The lowest BCUT2D eigenvalue weighted by Crippen LogP contribution is -2.23. The number of nitrogens with zero attached hydrogens (tertiary/aromatic N) is 4. The highest BCUT2D eigenvalue weighted by atomic mass is 16.5. The fourth-order valence-electron chi connectivity index (χ4n) is 3.95. The maximum absolute atomic E-state index is 6.20. The number of pyridine rings is 1. The van der Waals surface area contributed by atoms with Gasteiger partial charge in [0.15, 0.2) is 12.0 Å². The third-order valence-electron chi connectivity index (χ3n) is 5.60. The van der Waals surface area contributed by atoms with Crippen LogP contribution in [0.25, 0.3) is 33.4 Å². The molecule has 0 saturated carbocycles. The number of nitrogen functional groups attached to an aromatic ring is 1.